The van der Waals surface area contributed by atoms with E-state index in [1.54, 1.807) is 0 Å². The van der Waals surface area contributed by atoms with E-state index in [0.29, 0.717) is 11.0 Å². The standard InChI is InChI=1S/C18H21NO2/c1-13-4-5-15(11-14(13)3-2-10-20)17(21)19-12-18(8-9-18)16-6-7-16/h4-5,11,16,20H,6-10,12H2,1H3,(H,19,21). The Morgan fingerprint density at radius 3 is 2.81 bits per heavy atom. The number of hydrogen-bond acceptors (Lipinski definition) is 2. The van der Waals surface area contributed by atoms with Gasteiger partial charge < -0.3 is 10.4 Å². The van der Waals surface area contributed by atoms with Crippen molar-refractivity contribution in [1.82, 2.24) is 5.32 Å². The highest BCUT2D eigenvalue weighted by Crippen LogP contribution is 2.60. The fraction of sp³-hybridized carbons (Fsp3) is 0.500. The van der Waals surface area contributed by atoms with Crippen LogP contribution in [0.3, 0.4) is 0 Å². The molecule has 2 fully saturated rings. The molecule has 1 aromatic rings. The summed E-state index contributed by atoms with van der Waals surface area (Å²) in [6.07, 6.45) is 5.20. The smallest absolute Gasteiger partial charge is 0.251 e. The number of amides is 1. The lowest BCUT2D eigenvalue weighted by Crippen LogP contribution is -2.31. The highest BCUT2D eigenvalue weighted by molar-refractivity contribution is 5.94. The van der Waals surface area contributed by atoms with Crippen molar-refractivity contribution in [3.8, 4) is 11.8 Å². The second kappa shape index (κ2) is 5.54. The van der Waals surface area contributed by atoms with Gasteiger partial charge in [0.1, 0.15) is 6.61 Å². The van der Waals surface area contributed by atoms with Crippen molar-refractivity contribution in [2.45, 2.75) is 32.6 Å². The van der Waals surface area contributed by atoms with Crippen LogP contribution in [-0.4, -0.2) is 24.2 Å². The van der Waals surface area contributed by atoms with Crippen LogP contribution >= 0.6 is 0 Å². The zero-order valence-corrected chi connectivity index (χ0v) is 12.4. The molecule has 0 unspecified atom stereocenters. The molecule has 0 saturated heterocycles. The Hall–Kier alpha value is -1.79. The number of aliphatic hydroxyl groups is 1. The SMILES string of the molecule is Cc1ccc(C(=O)NCC2(C3CC3)CC2)cc1C#CCO. The molecule has 0 radical (unpaired) electrons. The summed E-state index contributed by atoms with van der Waals surface area (Å²) in [5.74, 6) is 6.36. The second-order valence-electron chi connectivity index (χ2n) is 6.31. The first kappa shape index (κ1) is 14.2. The molecule has 0 aliphatic heterocycles. The van der Waals surface area contributed by atoms with Gasteiger partial charge in [0.05, 0.1) is 0 Å². The third-order valence-electron chi connectivity index (χ3n) is 4.74. The predicted molar refractivity (Wildman–Crippen MR) is 81.9 cm³/mol. The van der Waals surface area contributed by atoms with Crippen molar-refractivity contribution >= 4 is 5.91 Å². The molecule has 110 valence electrons. The molecule has 3 rings (SSSR count). The Kier molecular flexibility index (Phi) is 3.73. The third kappa shape index (κ3) is 3.11. The lowest BCUT2D eigenvalue weighted by atomic mass is 10.00. The number of hydrogen-bond donors (Lipinski definition) is 2. The second-order valence-corrected chi connectivity index (χ2v) is 6.31. The van der Waals surface area contributed by atoms with Gasteiger partial charge in [0.25, 0.3) is 5.91 Å². The quantitative estimate of drug-likeness (QED) is 0.833. The Labute approximate surface area is 125 Å². The third-order valence-corrected chi connectivity index (χ3v) is 4.74. The maximum absolute atomic E-state index is 12.3. The minimum Gasteiger partial charge on any atom is -0.384 e. The average Bonchev–Trinajstić information content (AvgIpc) is 3.37. The van der Waals surface area contributed by atoms with Crippen LogP contribution in [0.15, 0.2) is 18.2 Å². The maximum Gasteiger partial charge on any atom is 0.251 e. The minimum atomic E-state index is -0.167. The zero-order chi connectivity index (χ0) is 14.9. The molecule has 1 amide bonds. The summed E-state index contributed by atoms with van der Waals surface area (Å²) in [7, 11) is 0. The normalized spacial score (nSPS) is 18.6. The Bertz CT molecular complexity index is 616. The van der Waals surface area contributed by atoms with Gasteiger partial charge in [-0.15, -0.1) is 0 Å². The Balaban J connectivity index is 1.66. The maximum atomic E-state index is 12.3. The first-order valence-electron chi connectivity index (χ1n) is 7.63. The van der Waals surface area contributed by atoms with Crippen LogP contribution in [0.2, 0.25) is 0 Å². The summed E-state index contributed by atoms with van der Waals surface area (Å²) in [6.45, 7) is 2.59. The monoisotopic (exact) mass is 283 g/mol. The minimum absolute atomic E-state index is 0.0195. The fourth-order valence-corrected chi connectivity index (χ4v) is 2.98. The first-order valence-corrected chi connectivity index (χ1v) is 7.63. The molecule has 0 aromatic heterocycles. The van der Waals surface area contributed by atoms with Crippen LogP contribution in [-0.2, 0) is 0 Å². The molecule has 1 aromatic carbocycles. The molecular weight excluding hydrogens is 262 g/mol. The van der Waals surface area contributed by atoms with Gasteiger partial charge >= 0.3 is 0 Å². The molecule has 2 aliphatic rings. The lowest BCUT2D eigenvalue weighted by Gasteiger charge is -2.15. The largest absolute Gasteiger partial charge is 0.384 e. The molecule has 0 heterocycles. The van der Waals surface area contributed by atoms with Crippen molar-refractivity contribution in [2.24, 2.45) is 11.3 Å². The number of carbonyl (C=O) groups excluding carboxylic acids is 1. The highest BCUT2D eigenvalue weighted by atomic mass is 16.2. The number of aliphatic hydroxyl groups excluding tert-OH is 1. The Morgan fingerprint density at radius 2 is 2.19 bits per heavy atom. The van der Waals surface area contributed by atoms with Crippen molar-refractivity contribution in [1.29, 1.82) is 0 Å². The van der Waals surface area contributed by atoms with Crippen molar-refractivity contribution in [3.63, 3.8) is 0 Å². The Morgan fingerprint density at radius 1 is 1.43 bits per heavy atom. The number of carbonyl (C=O) groups is 1. The van der Waals surface area contributed by atoms with E-state index in [2.05, 4.69) is 17.2 Å². The van der Waals surface area contributed by atoms with Crippen LogP contribution in [0, 0.1) is 30.1 Å². The number of aryl methyl sites for hydroxylation is 1. The predicted octanol–water partition coefficient (Wildman–Crippen LogP) is 2.26. The van der Waals surface area contributed by atoms with E-state index in [4.69, 9.17) is 5.11 Å². The molecule has 0 bridgehead atoms. The number of nitrogens with one attached hydrogen (secondary N) is 1. The van der Waals surface area contributed by atoms with Gasteiger partial charge in [-0.3, -0.25) is 4.79 Å². The molecular formula is C18H21NO2. The molecule has 2 N–H and O–H groups in total. The first-order chi connectivity index (χ1) is 10.1. The summed E-state index contributed by atoms with van der Waals surface area (Å²) in [5.41, 5.74) is 2.89. The molecule has 0 spiro atoms. The van der Waals surface area contributed by atoms with Crippen molar-refractivity contribution < 1.29 is 9.90 Å². The number of rotatable bonds is 4. The summed E-state index contributed by atoms with van der Waals surface area (Å²) < 4.78 is 0. The fourth-order valence-electron chi connectivity index (χ4n) is 2.98. The lowest BCUT2D eigenvalue weighted by molar-refractivity contribution is 0.0942. The zero-order valence-electron chi connectivity index (χ0n) is 12.4. The van der Waals surface area contributed by atoms with Gasteiger partial charge in [0, 0.05) is 17.7 Å². The van der Waals surface area contributed by atoms with Gasteiger partial charge in [-0.2, -0.15) is 0 Å². The van der Waals surface area contributed by atoms with Crippen LogP contribution < -0.4 is 5.32 Å². The van der Waals surface area contributed by atoms with E-state index in [-0.39, 0.29) is 12.5 Å². The summed E-state index contributed by atoms with van der Waals surface area (Å²) in [6, 6.07) is 5.56. The number of benzene rings is 1. The van der Waals surface area contributed by atoms with E-state index >= 15 is 0 Å². The molecule has 3 heteroatoms. The van der Waals surface area contributed by atoms with E-state index in [0.717, 1.165) is 23.6 Å². The molecule has 2 aliphatic carbocycles. The molecule has 2 saturated carbocycles. The van der Waals surface area contributed by atoms with Gasteiger partial charge in [-0.05, 0) is 61.6 Å². The molecule has 0 atom stereocenters. The van der Waals surface area contributed by atoms with Crippen LogP contribution in [0.1, 0.15) is 47.2 Å². The van der Waals surface area contributed by atoms with Crippen molar-refractivity contribution in [2.75, 3.05) is 13.2 Å². The van der Waals surface area contributed by atoms with Gasteiger partial charge in [-0.1, -0.05) is 17.9 Å². The average molecular weight is 283 g/mol. The van der Waals surface area contributed by atoms with Crippen LogP contribution in [0.25, 0.3) is 0 Å². The van der Waals surface area contributed by atoms with Gasteiger partial charge in [-0.25, -0.2) is 0 Å². The van der Waals surface area contributed by atoms with E-state index in [1.807, 2.05) is 25.1 Å². The molecule has 3 nitrogen and oxygen atoms in total. The van der Waals surface area contributed by atoms with Gasteiger partial charge in [0.15, 0.2) is 0 Å². The van der Waals surface area contributed by atoms with Crippen LogP contribution in [0.4, 0.5) is 0 Å². The summed E-state index contributed by atoms with van der Waals surface area (Å²) >= 11 is 0. The molecule has 21 heavy (non-hydrogen) atoms. The van der Waals surface area contributed by atoms with E-state index in [9.17, 15) is 4.79 Å². The van der Waals surface area contributed by atoms with Crippen LogP contribution in [0.5, 0.6) is 0 Å². The summed E-state index contributed by atoms with van der Waals surface area (Å²) in [5, 5.41) is 11.9. The van der Waals surface area contributed by atoms with E-state index in [1.165, 1.54) is 25.7 Å². The van der Waals surface area contributed by atoms with Gasteiger partial charge in [0.2, 0.25) is 0 Å². The van der Waals surface area contributed by atoms with E-state index < -0.39 is 0 Å². The van der Waals surface area contributed by atoms with Crippen molar-refractivity contribution in [3.05, 3.63) is 34.9 Å². The summed E-state index contributed by atoms with van der Waals surface area (Å²) in [4.78, 5) is 12.3. The topological polar surface area (TPSA) is 49.3 Å². The highest BCUT2D eigenvalue weighted by Gasteiger charge is 2.53.